The van der Waals surface area contributed by atoms with Crippen LogP contribution in [0.15, 0.2) is 12.2 Å². The highest BCUT2D eigenvalue weighted by molar-refractivity contribution is 5.75. The molecule has 0 saturated carbocycles. The Labute approximate surface area is 137 Å². The molecule has 0 radical (unpaired) electrons. The Hall–Kier alpha value is -1.44. The lowest BCUT2D eigenvalue weighted by atomic mass is 9.84. The number of ether oxygens (including phenoxy) is 2. The van der Waals surface area contributed by atoms with Gasteiger partial charge in [-0.1, -0.05) is 12.2 Å². The maximum absolute atomic E-state index is 11.7. The number of hydrogen-bond donors (Lipinski definition) is 3. The molecule has 1 fully saturated rings. The van der Waals surface area contributed by atoms with Gasteiger partial charge < -0.3 is 19.9 Å². The number of hydrogen-bond acceptors (Lipinski definition) is 5. The monoisotopic (exact) mass is 328 g/mol. The van der Waals surface area contributed by atoms with Gasteiger partial charge in [0.15, 0.2) is 0 Å². The van der Waals surface area contributed by atoms with Crippen molar-refractivity contribution >= 4 is 11.9 Å². The van der Waals surface area contributed by atoms with Gasteiger partial charge in [0.1, 0.15) is 11.6 Å². The van der Waals surface area contributed by atoms with E-state index in [-0.39, 0.29) is 24.5 Å². The van der Waals surface area contributed by atoms with E-state index in [1.165, 1.54) is 6.92 Å². The summed E-state index contributed by atoms with van der Waals surface area (Å²) >= 11 is 0. The van der Waals surface area contributed by atoms with Crippen LogP contribution in [0.25, 0.3) is 0 Å². The van der Waals surface area contributed by atoms with E-state index in [0.29, 0.717) is 6.42 Å². The van der Waals surface area contributed by atoms with Crippen LogP contribution in [-0.4, -0.2) is 61.5 Å². The Morgan fingerprint density at radius 3 is 2.57 bits per heavy atom. The number of carbonyl (C=O) groups is 2. The molecule has 5 atom stereocenters. The average Bonchev–Trinajstić information content (AvgIpc) is 2.89. The lowest BCUT2D eigenvalue weighted by Crippen LogP contribution is -2.63. The molecule has 1 amide bonds. The van der Waals surface area contributed by atoms with Crippen LogP contribution in [0.2, 0.25) is 0 Å². The van der Waals surface area contributed by atoms with Crippen LogP contribution >= 0.6 is 0 Å². The highest BCUT2D eigenvalue weighted by Crippen LogP contribution is 2.30. The molecule has 0 aromatic heterocycles. The number of amides is 1. The number of methoxy groups -OCH3 is 2. The smallest absolute Gasteiger partial charge is 0.320 e. The topological polar surface area (TPSA) is 96.9 Å². The van der Waals surface area contributed by atoms with Crippen molar-refractivity contribution in [2.45, 2.75) is 50.9 Å². The van der Waals surface area contributed by atoms with E-state index < -0.39 is 23.7 Å². The zero-order valence-electron chi connectivity index (χ0n) is 14.5. The standard InChI is InChI=1S/C16H28N2O5/c1-6-7-11-8-12(15(20)21)18-13(11)14(17-10(2)19)16(3,23-5)9-22-4/h6-7,11-14,18H,8-9H2,1-5H3,(H,17,19)(H,20,21)/b7-6-/t11-,12-,13-,14-,16-/m1/s1. The summed E-state index contributed by atoms with van der Waals surface area (Å²) in [4.78, 5) is 23.0. The molecule has 3 N–H and O–H groups in total. The molecule has 0 spiro atoms. The molecule has 1 aliphatic rings. The summed E-state index contributed by atoms with van der Waals surface area (Å²) in [7, 11) is 3.12. The predicted molar refractivity (Wildman–Crippen MR) is 86.2 cm³/mol. The molecule has 1 saturated heterocycles. The first kappa shape index (κ1) is 19.6. The number of aliphatic carboxylic acids is 1. The summed E-state index contributed by atoms with van der Waals surface area (Å²) in [5.74, 6) is -1.12. The fourth-order valence-electron chi connectivity index (χ4n) is 3.21. The average molecular weight is 328 g/mol. The minimum absolute atomic E-state index is 0.0238. The third kappa shape index (κ3) is 4.76. The maximum atomic E-state index is 11.7. The molecule has 1 aliphatic heterocycles. The Morgan fingerprint density at radius 2 is 2.13 bits per heavy atom. The minimum atomic E-state index is -0.894. The van der Waals surface area contributed by atoms with E-state index >= 15 is 0 Å². The molecule has 0 aromatic carbocycles. The van der Waals surface area contributed by atoms with Crippen LogP contribution in [0.1, 0.15) is 27.2 Å². The molecule has 0 bridgehead atoms. The molecule has 0 aliphatic carbocycles. The lowest BCUT2D eigenvalue weighted by Gasteiger charge is -2.41. The normalized spacial score (nSPS) is 28.5. The summed E-state index contributed by atoms with van der Waals surface area (Å²) in [6.07, 6.45) is 4.33. The highest BCUT2D eigenvalue weighted by atomic mass is 16.5. The van der Waals surface area contributed by atoms with Gasteiger partial charge in [0.05, 0.1) is 12.6 Å². The Morgan fingerprint density at radius 1 is 1.48 bits per heavy atom. The van der Waals surface area contributed by atoms with Crippen LogP contribution in [0.4, 0.5) is 0 Å². The zero-order chi connectivity index (χ0) is 17.6. The maximum Gasteiger partial charge on any atom is 0.320 e. The number of allylic oxidation sites excluding steroid dienone is 1. The van der Waals surface area contributed by atoms with Gasteiger partial charge in [0.2, 0.25) is 5.91 Å². The third-order valence-corrected chi connectivity index (χ3v) is 4.37. The van der Waals surface area contributed by atoms with Crippen LogP contribution in [0.5, 0.6) is 0 Å². The molecule has 23 heavy (non-hydrogen) atoms. The lowest BCUT2D eigenvalue weighted by molar-refractivity contribution is -0.139. The van der Waals surface area contributed by atoms with Crippen molar-refractivity contribution in [3.05, 3.63) is 12.2 Å². The second kappa shape index (κ2) is 8.42. The van der Waals surface area contributed by atoms with E-state index in [9.17, 15) is 14.7 Å². The minimum Gasteiger partial charge on any atom is -0.480 e. The first-order valence-corrected chi connectivity index (χ1v) is 7.72. The van der Waals surface area contributed by atoms with Gasteiger partial charge in [-0.3, -0.25) is 14.9 Å². The van der Waals surface area contributed by atoms with Gasteiger partial charge in [-0.05, 0) is 26.2 Å². The Kier molecular flexibility index (Phi) is 7.18. The fraction of sp³-hybridized carbons (Fsp3) is 0.750. The first-order chi connectivity index (χ1) is 10.8. The number of rotatable bonds is 8. The number of carbonyl (C=O) groups excluding carboxylic acids is 1. The molecular formula is C16H28N2O5. The van der Waals surface area contributed by atoms with Crippen molar-refractivity contribution in [1.82, 2.24) is 10.6 Å². The first-order valence-electron chi connectivity index (χ1n) is 7.72. The van der Waals surface area contributed by atoms with Gasteiger partial charge in [-0.2, -0.15) is 0 Å². The third-order valence-electron chi connectivity index (χ3n) is 4.37. The van der Waals surface area contributed by atoms with Gasteiger partial charge in [-0.15, -0.1) is 0 Å². The number of nitrogens with one attached hydrogen (secondary N) is 2. The molecule has 0 unspecified atom stereocenters. The summed E-state index contributed by atoms with van der Waals surface area (Å²) in [5.41, 5.74) is -0.786. The SMILES string of the molecule is C/C=C\[C@@H]1C[C@H](C(=O)O)N[C@H]1[C@@H](NC(C)=O)[C@@](C)(COC)OC. The second-order valence-electron chi connectivity index (χ2n) is 6.14. The Bertz CT molecular complexity index is 454. The fourth-order valence-corrected chi connectivity index (χ4v) is 3.21. The highest BCUT2D eigenvalue weighted by Gasteiger charge is 2.48. The van der Waals surface area contributed by atoms with Crippen molar-refractivity contribution in [2.75, 3.05) is 20.8 Å². The quantitative estimate of drug-likeness (QED) is 0.563. The molecule has 7 nitrogen and oxygen atoms in total. The summed E-state index contributed by atoms with van der Waals surface area (Å²) in [5, 5.41) is 15.4. The van der Waals surface area contributed by atoms with Gasteiger partial charge >= 0.3 is 5.97 Å². The van der Waals surface area contributed by atoms with Crippen molar-refractivity contribution in [3.8, 4) is 0 Å². The van der Waals surface area contributed by atoms with Crippen molar-refractivity contribution < 1.29 is 24.2 Å². The largest absolute Gasteiger partial charge is 0.480 e. The van der Waals surface area contributed by atoms with Crippen molar-refractivity contribution in [3.63, 3.8) is 0 Å². The van der Waals surface area contributed by atoms with Gasteiger partial charge in [0.25, 0.3) is 0 Å². The molecule has 7 heteroatoms. The number of carboxylic acids is 1. The van der Waals surface area contributed by atoms with E-state index in [1.54, 1.807) is 14.2 Å². The van der Waals surface area contributed by atoms with Crippen LogP contribution in [0.3, 0.4) is 0 Å². The molecule has 1 heterocycles. The molecule has 1 rings (SSSR count). The molecule has 0 aromatic rings. The summed E-state index contributed by atoms with van der Waals surface area (Å²) in [6, 6.07) is -1.35. The van der Waals surface area contributed by atoms with E-state index in [2.05, 4.69) is 10.6 Å². The summed E-state index contributed by atoms with van der Waals surface area (Å²) in [6.45, 7) is 5.44. The van der Waals surface area contributed by atoms with Crippen molar-refractivity contribution in [1.29, 1.82) is 0 Å². The van der Waals surface area contributed by atoms with E-state index in [4.69, 9.17) is 9.47 Å². The predicted octanol–water partition coefficient (Wildman–Crippen LogP) is 0.550. The summed E-state index contributed by atoms with van der Waals surface area (Å²) < 4.78 is 10.9. The Balaban J connectivity index is 3.16. The molecular weight excluding hydrogens is 300 g/mol. The van der Waals surface area contributed by atoms with Crippen LogP contribution in [-0.2, 0) is 19.1 Å². The van der Waals surface area contributed by atoms with Crippen LogP contribution in [0, 0.1) is 5.92 Å². The number of carboxylic acid groups (broad SMARTS) is 1. The molecule has 132 valence electrons. The van der Waals surface area contributed by atoms with E-state index in [0.717, 1.165) is 0 Å². The second-order valence-corrected chi connectivity index (χ2v) is 6.14. The van der Waals surface area contributed by atoms with E-state index in [1.807, 2.05) is 26.0 Å². The van der Waals surface area contributed by atoms with Gasteiger partial charge in [-0.25, -0.2) is 0 Å². The van der Waals surface area contributed by atoms with Crippen LogP contribution < -0.4 is 10.6 Å². The van der Waals surface area contributed by atoms with Gasteiger partial charge in [0, 0.05) is 27.2 Å². The van der Waals surface area contributed by atoms with Crippen molar-refractivity contribution in [2.24, 2.45) is 5.92 Å². The zero-order valence-corrected chi connectivity index (χ0v) is 14.5.